The van der Waals surface area contributed by atoms with Gasteiger partial charge in [-0.15, -0.1) is 0 Å². The molecular weight excluding hydrogens is 256 g/mol. The fourth-order valence-electron chi connectivity index (χ4n) is 1.96. The van der Waals surface area contributed by atoms with Gasteiger partial charge in [0.1, 0.15) is 5.75 Å². The SMILES string of the molecule is CCC(C)Oc1cccc(NC(=O)NC2CCOC2)c1. The van der Waals surface area contributed by atoms with E-state index in [4.69, 9.17) is 9.47 Å². The summed E-state index contributed by atoms with van der Waals surface area (Å²) in [5, 5.41) is 5.70. The summed E-state index contributed by atoms with van der Waals surface area (Å²) >= 11 is 0. The molecule has 0 radical (unpaired) electrons. The molecule has 2 atom stereocenters. The maximum Gasteiger partial charge on any atom is 0.319 e. The molecule has 0 bridgehead atoms. The minimum Gasteiger partial charge on any atom is -0.491 e. The number of carbonyl (C=O) groups is 1. The number of carbonyl (C=O) groups excluding carboxylic acids is 1. The van der Waals surface area contributed by atoms with Gasteiger partial charge in [0.15, 0.2) is 0 Å². The Balaban J connectivity index is 1.88. The summed E-state index contributed by atoms with van der Waals surface area (Å²) in [6.07, 6.45) is 1.97. The molecule has 1 aromatic rings. The molecule has 5 heteroatoms. The van der Waals surface area contributed by atoms with Crippen molar-refractivity contribution in [2.75, 3.05) is 18.5 Å². The zero-order valence-electron chi connectivity index (χ0n) is 12.0. The third-order valence-corrected chi connectivity index (χ3v) is 3.27. The van der Waals surface area contributed by atoms with Gasteiger partial charge in [-0.25, -0.2) is 4.79 Å². The molecule has 1 heterocycles. The first-order valence-electron chi connectivity index (χ1n) is 7.09. The topological polar surface area (TPSA) is 59.6 Å². The lowest BCUT2D eigenvalue weighted by molar-refractivity contribution is 0.189. The van der Waals surface area contributed by atoms with Gasteiger partial charge in [-0.05, 0) is 31.9 Å². The zero-order valence-corrected chi connectivity index (χ0v) is 12.0. The first-order valence-corrected chi connectivity index (χ1v) is 7.09. The van der Waals surface area contributed by atoms with Crippen molar-refractivity contribution >= 4 is 11.7 Å². The van der Waals surface area contributed by atoms with Crippen molar-refractivity contribution in [2.24, 2.45) is 0 Å². The molecule has 2 N–H and O–H groups in total. The van der Waals surface area contributed by atoms with Crippen molar-refractivity contribution in [3.05, 3.63) is 24.3 Å². The third-order valence-electron chi connectivity index (χ3n) is 3.27. The van der Waals surface area contributed by atoms with Crippen LogP contribution in [0.25, 0.3) is 0 Å². The molecule has 1 fully saturated rings. The number of anilines is 1. The van der Waals surface area contributed by atoms with Crippen LogP contribution in [0, 0.1) is 0 Å². The number of amides is 2. The third kappa shape index (κ3) is 4.42. The van der Waals surface area contributed by atoms with Crippen molar-refractivity contribution in [2.45, 2.75) is 38.8 Å². The van der Waals surface area contributed by atoms with Crippen molar-refractivity contribution in [1.29, 1.82) is 0 Å². The monoisotopic (exact) mass is 278 g/mol. The van der Waals surface area contributed by atoms with Crippen LogP contribution >= 0.6 is 0 Å². The molecule has 2 unspecified atom stereocenters. The highest BCUT2D eigenvalue weighted by atomic mass is 16.5. The van der Waals surface area contributed by atoms with E-state index in [-0.39, 0.29) is 18.2 Å². The van der Waals surface area contributed by atoms with Crippen molar-refractivity contribution < 1.29 is 14.3 Å². The highest BCUT2D eigenvalue weighted by molar-refractivity contribution is 5.89. The van der Waals surface area contributed by atoms with Gasteiger partial charge in [-0.1, -0.05) is 13.0 Å². The molecule has 2 rings (SSSR count). The molecule has 1 aliphatic rings. The highest BCUT2D eigenvalue weighted by Gasteiger charge is 2.17. The van der Waals surface area contributed by atoms with Gasteiger partial charge in [0.25, 0.3) is 0 Å². The average Bonchev–Trinajstić information content (AvgIpc) is 2.91. The largest absolute Gasteiger partial charge is 0.491 e. The van der Waals surface area contributed by atoms with Gasteiger partial charge in [0, 0.05) is 18.4 Å². The predicted molar refractivity (Wildman–Crippen MR) is 78.2 cm³/mol. The van der Waals surface area contributed by atoms with E-state index < -0.39 is 0 Å². The lowest BCUT2D eigenvalue weighted by atomic mass is 10.2. The average molecular weight is 278 g/mol. The molecule has 1 aliphatic heterocycles. The molecule has 1 saturated heterocycles. The lowest BCUT2D eigenvalue weighted by Crippen LogP contribution is -2.38. The molecule has 0 saturated carbocycles. The number of hydrogen-bond donors (Lipinski definition) is 2. The fourth-order valence-corrected chi connectivity index (χ4v) is 1.96. The maximum atomic E-state index is 11.8. The van der Waals surface area contributed by atoms with Crippen LogP contribution in [0.2, 0.25) is 0 Å². The van der Waals surface area contributed by atoms with E-state index in [1.807, 2.05) is 31.2 Å². The second-order valence-corrected chi connectivity index (χ2v) is 5.02. The van der Waals surface area contributed by atoms with E-state index in [1.54, 1.807) is 0 Å². The van der Waals surface area contributed by atoms with E-state index in [0.29, 0.717) is 13.2 Å². The molecular formula is C15H22N2O3. The van der Waals surface area contributed by atoms with Gasteiger partial charge in [0.05, 0.1) is 18.8 Å². The molecule has 0 aliphatic carbocycles. The van der Waals surface area contributed by atoms with E-state index >= 15 is 0 Å². The second kappa shape index (κ2) is 7.14. The molecule has 20 heavy (non-hydrogen) atoms. The predicted octanol–water partition coefficient (Wildman–Crippen LogP) is 2.77. The van der Waals surface area contributed by atoms with Crippen LogP contribution in [0.3, 0.4) is 0 Å². The van der Waals surface area contributed by atoms with Crippen LogP contribution in [0.15, 0.2) is 24.3 Å². The first kappa shape index (κ1) is 14.7. The summed E-state index contributed by atoms with van der Waals surface area (Å²) < 4.78 is 10.9. The Morgan fingerprint density at radius 2 is 2.40 bits per heavy atom. The quantitative estimate of drug-likeness (QED) is 0.870. The molecule has 110 valence electrons. The summed E-state index contributed by atoms with van der Waals surface area (Å²) in [5.74, 6) is 0.765. The summed E-state index contributed by atoms with van der Waals surface area (Å²) in [6, 6.07) is 7.33. The molecule has 0 aromatic heterocycles. The first-order chi connectivity index (χ1) is 9.67. The summed E-state index contributed by atoms with van der Waals surface area (Å²) in [5.41, 5.74) is 0.724. The molecule has 0 spiro atoms. The van der Waals surface area contributed by atoms with Gasteiger partial charge in [-0.2, -0.15) is 0 Å². The fraction of sp³-hybridized carbons (Fsp3) is 0.533. The standard InChI is InChI=1S/C15H22N2O3/c1-3-11(2)20-14-6-4-5-12(9-14)16-15(18)17-13-7-8-19-10-13/h4-6,9,11,13H,3,7-8,10H2,1-2H3,(H2,16,17,18). The Labute approximate surface area is 119 Å². The number of benzene rings is 1. The van der Waals surface area contributed by atoms with Crippen LogP contribution < -0.4 is 15.4 Å². The molecule has 2 amide bonds. The van der Waals surface area contributed by atoms with Crippen molar-refractivity contribution in [3.8, 4) is 5.75 Å². The Kier molecular flexibility index (Phi) is 5.24. The zero-order chi connectivity index (χ0) is 14.4. The Bertz CT molecular complexity index is 444. The summed E-state index contributed by atoms with van der Waals surface area (Å²) in [4.78, 5) is 11.8. The highest BCUT2D eigenvalue weighted by Crippen LogP contribution is 2.19. The van der Waals surface area contributed by atoms with E-state index in [9.17, 15) is 4.79 Å². The van der Waals surface area contributed by atoms with Gasteiger partial charge < -0.3 is 20.1 Å². The number of nitrogens with one attached hydrogen (secondary N) is 2. The minimum atomic E-state index is -0.207. The van der Waals surface area contributed by atoms with Gasteiger partial charge in [0.2, 0.25) is 0 Å². The summed E-state index contributed by atoms with van der Waals surface area (Å²) in [6.45, 7) is 5.39. The Morgan fingerprint density at radius 3 is 3.10 bits per heavy atom. The second-order valence-electron chi connectivity index (χ2n) is 5.02. The number of urea groups is 1. The van der Waals surface area contributed by atoms with Crippen LogP contribution in [0.1, 0.15) is 26.7 Å². The Morgan fingerprint density at radius 1 is 1.55 bits per heavy atom. The molecule has 5 nitrogen and oxygen atoms in total. The summed E-state index contributed by atoms with van der Waals surface area (Å²) in [7, 11) is 0. The van der Waals surface area contributed by atoms with E-state index in [0.717, 1.165) is 24.3 Å². The van der Waals surface area contributed by atoms with Gasteiger partial charge >= 0.3 is 6.03 Å². The number of rotatable bonds is 5. The lowest BCUT2D eigenvalue weighted by Gasteiger charge is -2.15. The number of hydrogen-bond acceptors (Lipinski definition) is 3. The van der Waals surface area contributed by atoms with Gasteiger partial charge in [-0.3, -0.25) is 0 Å². The molecule has 1 aromatic carbocycles. The Hall–Kier alpha value is -1.75. The van der Waals surface area contributed by atoms with Crippen molar-refractivity contribution in [1.82, 2.24) is 5.32 Å². The smallest absolute Gasteiger partial charge is 0.319 e. The van der Waals surface area contributed by atoms with Crippen LogP contribution in [0.5, 0.6) is 5.75 Å². The minimum absolute atomic E-state index is 0.106. The van der Waals surface area contributed by atoms with Crippen LogP contribution in [-0.2, 0) is 4.74 Å². The normalized spacial score (nSPS) is 19.4. The van der Waals surface area contributed by atoms with Crippen LogP contribution in [0.4, 0.5) is 10.5 Å². The van der Waals surface area contributed by atoms with Crippen molar-refractivity contribution in [3.63, 3.8) is 0 Å². The van der Waals surface area contributed by atoms with E-state index in [1.165, 1.54) is 0 Å². The maximum absolute atomic E-state index is 11.8. The van der Waals surface area contributed by atoms with E-state index in [2.05, 4.69) is 17.6 Å². The van der Waals surface area contributed by atoms with Crippen LogP contribution in [-0.4, -0.2) is 31.4 Å². The number of ether oxygens (including phenoxy) is 2.